The van der Waals surface area contributed by atoms with Crippen molar-refractivity contribution in [3.8, 4) is 5.75 Å². The van der Waals surface area contributed by atoms with Crippen LogP contribution in [0.25, 0.3) is 5.70 Å². The Bertz CT molecular complexity index is 343. The molecule has 1 aromatic carbocycles. The first kappa shape index (κ1) is 9.45. The molecule has 0 atom stereocenters. The fourth-order valence-corrected chi connectivity index (χ4v) is 1.07. The highest BCUT2D eigenvalue weighted by atomic mass is 16.3. The number of phenolic OH excluding ortho intramolecular Hbond substituents is 1. The van der Waals surface area contributed by atoms with Gasteiger partial charge in [0.1, 0.15) is 5.75 Å². The summed E-state index contributed by atoms with van der Waals surface area (Å²) >= 11 is 0. The summed E-state index contributed by atoms with van der Waals surface area (Å²) in [5.74, 6) is 0.225. The Hall–Kier alpha value is -1.64. The highest BCUT2D eigenvalue weighted by Crippen LogP contribution is 2.25. The van der Waals surface area contributed by atoms with Crippen molar-refractivity contribution in [3.05, 3.63) is 35.9 Å². The number of phenols is 1. The number of para-hydroxylation sites is 1. The Kier molecular flexibility index (Phi) is 3.20. The van der Waals surface area contributed by atoms with Gasteiger partial charge in [-0.1, -0.05) is 18.2 Å². The van der Waals surface area contributed by atoms with E-state index < -0.39 is 0 Å². The maximum Gasteiger partial charge on any atom is 0.125 e. The van der Waals surface area contributed by atoms with Crippen molar-refractivity contribution >= 4 is 5.70 Å². The van der Waals surface area contributed by atoms with Crippen LogP contribution in [-0.2, 0) is 0 Å². The third-order valence-corrected chi connectivity index (χ3v) is 1.66. The molecule has 0 aliphatic heterocycles. The quantitative estimate of drug-likeness (QED) is 0.692. The first-order chi connectivity index (χ1) is 6.29. The van der Waals surface area contributed by atoms with Crippen LogP contribution in [0.3, 0.4) is 0 Å². The van der Waals surface area contributed by atoms with Crippen molar-refractivity contribution in [1.82, 2.24) is 0 Å². The maximum atomic E-state index is 9.50. The van der Waals surface area contributed by atoms with Crippen molar-refractivity contribution in [2.45, 2.75) is 6.92 Å². The second-order valence-corrected chi connectivity index (χ2v) is 2.49. The number of hydrogen-bond acceptors (Lipinski definition) is 3. The van der Waals surface area contributed by atoms with Gasteiger partial charge in [0.05, 0.1) is 5.70 Å². The molecule has 1 rings (SSSR count). The van der Waals surface area contributed by atoms with Crippen molar-refractivity contribution in [2.24, 2.45) is 10.2 Å². The van der Waals surface area contributed by atoms with E-state index in [0.717, 1.165) is 0 Å². The van der Waals surface area contributed by atoms with Gasteiger partial charge >= 0.3 is 0 Å². The van der Waals surface area contributed by atoms with Crippen LogP contribution in [0.2, 0.25) is 0 Å². The highest BCUT2D eigenvalue weighted by Gasteiger charge is 2.03. The van der Waals surface area contributed by atoms with E-state index in [-0.39, 0.29) is 5.75 Å². The van der Waals surface area contributed by atoms with Crippen molar-refractivity contribution < 1.29 is 5.11 Å². The molecule has 3 nitrogen and oxygen atoms in total. The molecule has 0 spiro atoms. The molecule has 0 bridgehead atoms. The number of azo groups is 1. The monoisotopic (exact) mass is 176 g/mol. The SMILES string of the molecule is C/C=C(\N=NC)c1ccccc1O. The van der Waals surface area contributed by atoms with E-state index in [0.29, 0.717) is 11.3 Å². The van der Waals surface area contributed by atoms with Crippen LogP contribution in [-0.4, -0.2) is 12.2 Å². The molecular weight excluding hydrogens is 164 g/mol. The number of allylic oxidation sites excluding steroid dienone is 1. The number of hydrogen-bond donors (Lipinski definition) is 1. The Morgan fingerprint density at radius 1 is 1.38 bits per heavy atom. The predicted molar refractivity (Wildman–Crippen MR) is 52.5 cm³/mol. The molecule has 0 saturated carbocycles. The lowest BCUT2D eigenvalue weighted by atomic mass is 10.1. The highest BCUT2D eigenvalue weighted by molar-refractivity contribution is 5.68. The molecule has 0 aliphatic carbocycles. The lowest BCUT2D eigenvalue weighted by Crippen LogP contribution is -1.80. The first-order valence-electron chi connectivity index (χ1n) is 4.04. The average Bonchev–Trinajstić information content (AvgIpc) is 2.16. The van der Waals surface area contributed by atoms with E-state index in [1.54, 1.807) is 25.2 Å². The second kappa shape index (κ2) is 4.40. The molecule has 0 amide bonds. The van der Waals surface area contributed by atoms with E-state index in [2.05, 4.69) is 10.2 Å². The first-order valence-corrected chi connectivity index (χ1v) is 4.04. The van der Waals surface area contributed by atoms with Gasteiger partial charge in [-0.15, -0.1) is 0 Å². The third kappa shape index (κ3) is 2.15. The Morgan fingerprint density at radius 2 is 2.08 bits per heavy atom. The van der Waals surface area contributed by atoms with Crippen LogP contribution in [0.5, 0.6) is 5.75 Å². The average molecular weight is 176 g/mol. The van der Waals surface area contributed by atoms with E-state index in [1.807, 2.05) is 19.1 Å². The zero-order valence-corrected chi connectivity index (χ0v) is 7.73. The summed E-state index contributed by atoms with van der Waals surface area (Å²) in [6.45, 7) is 1.86. The second-order valence-electron chi connectivity index (χ2n) is 2.49. The fraction of sp³-hybridized carbons (Fsp3) is 0.200. The van der Waals surface area contributed by atoms with Gasteiger partial charge in [-0.3, -0.25) is 0 Å². The normalized spacial score (nSPS) is 12.3. The lowest BCUT2D eigenvalue weighted by molar-refractivity contribution is 0.473. The summed E-state index contributed by atoms with van der Waals surface area (Å²) in [5.41, 5.74) is 1.39. The minimum atomic E-state index is 0.225. The van der Waals surface area contributed by atoms with Gasteiger partial charge in [0.2, 0.25) is 0 Å². The summed E-state index contributed by atoms with van der Waals surface area (Å²) in [4.78, 5) is 0. The third-order valence-electron chi connectivity index (χ3n) is 1.66. The van der Waals surface area contributed by atoms with Gasteiger partial charge in [0.25, 0.3) is 0 Å². The molecule has 0 aromatic heterocycles. The Balaban J connectivity index is 3.13. The predicted octanol–water partition coefficient (Wildman–Crippen LogP) is 2.84. The molecule has 0 aliphatic rings. The molecule has 0 unspecified atom stereocenters. The molecular formula is C10H12N2O. The van der Waals surface area contributed by atoms with Crippen LogP contribution >= 0.6 is 0 Å². The fourth-order valence-electron chi connectivity index (χ4n) is 1.07. The van der Waals surface area contributed by atoms with E-state index >= 15 is 0 Å². The summed E-state index contributed by atoms with van der Waals surface area (Å²) in [6, 6.07) is 7.06. The molecule has 0 radical (unpaired) electrons. The van der Waals surface area contributed by atoms with Crippen LogP contribution in [0.1, 0.15) is 12.5 Å². The van der Waals surface area contributed by atoms with E-state index in [4.69, 9.17) is 0 Å². The van der Waals surface area contributed by atoms with Crippen LogP contribution in [0.4, 0.5) is 0 Å². The standard InChI is InChI=1S/C10H12N2O/c1-3-9(12-11-2)8-6-4-5-7-10(8)13/h3-7,13H,1-2H3/b9-3-,12-11?. The number of aromatic hydroxyl groups is 1. The van der Waals surface area contributed by atoms with Gasteiger partial charge in [0, 0.05) is 12.6 Å². The molecule has 1 N–H and O–H groups in total. The number of nitrogens with zero attached hydrogens (tertiary/aromatic N) is 2. The lowest BCUT2D eigenvalue weighted by Gasteiger charge is -2.01. The summed E-state index contributed by atoms with van der Waals surface area (Å²) in [5, 5.41) is 17.1. The molecule has 1 aromatic rings. The number of rotatable bonds is 2. The van der Waals surface area contributed by atoms with E-state index in [9.17, 15) is 5.11 Å². The smallest absolute Gasteiger partial charge is 0.125 e. The minimum absolute atomic E-state index is 0.225. The Labute approximate surface area is 77.4 Å². The molecule has 68 valence electrons. The van der Waals surface area contributed by atoms with Crippen LogP contribution in [0, 0.1) is 0 Å². The van der Waals surface area contributed by atoms with Crippen LogP contribution in [0.15, 0.2) is 40.6 Å². The summed E-state index contributed by atoms with van der Waals surface area (Å²) in [6.07, 6.45) is 1.81. The molecule has 13 heavy (non-hydrogen) atoms. The van der Waals surface area contributed by atoms with Gasteiger partial charge < -0.3 is 5.11 Å². The van der Waals surface area contributed by atoms with Crippen LogP contribution < -0.4 is 0 Å². The van der Waals surface area contributed by atoms with Gasteiger partial charge in [-0.05, 0) is 19.1 Å². The van der Waals surface area contributed by atoms with E-state index in [1.165, 1.54) is 0 Å². The largest absolute Gasteiger partial charge is 0.507 e. The van der Waals surface area contributed by atoms with Gasteiger partial charge in [-0.25, -0.2) is 0 Å². The molecule has 0 saturated heterocycles. The molecule has 0 heterocycles. The van der Waals surface area contributed by atoms with Gasteiger partial charge in [-0.2, -0.15) is 10.2 Å². The maximum absolute atomic E-state index is 9.50. The zero-order chi connectivity index (χ0) is 9.68. The van der Waals surface area contributed by atoms with Crippen molar-refractivity contribution in [3.63, 3.8) is 0 Å². The summed E-state index contributed by atoms with van der Waals surface area (Å²) in [7, 11) is 1.60. The summed E-state index contributed by atoms with van der Waals surface area (Å²) < 4.78 is 0. The van der Waals surface area contributed by atoms with Crippen molar-refractivity contribution in [2.75, 3.05) is 7.05 Å². The zero-order valence-electron chi connectivity index (χ0n) is 7.73. The minimum Gasteiger partial charge on any atom is -0.507 e. The Morgan fingerprint density at radius 3 is 2.62 bits per heavy atom. The molecule has 0 fully saturated rings. The van der Waals surface area contributed by atoms with Gasteiger partial charge in [0.15, 0.2) is 0 Å². The molecule has 3 heteroatoms. The van der Waals surface area contributed by atoms with Crippen molar-refractivity contribution in [1.29, 1.82) is 0 Å². The number of benzene rings is 1. The topological polar surface area (TPSA) is 45.0 Å².